The van der Waals surface area contributed by atoms with E-state index in [1.54, 1.807) is 0 Å². The van der Waals surface area contributed by atoms with Crippen LogP contribution < -0.4 is 5.32 Å². The Balaban J connectivity index is 1.43. The van der Waals surface area contributed by atoms with E-state index in [0.29, 0.717) is 12.0 Å². The lowest BCUT2D eigenvalue weighted by molar-refractivity contribution is -0.123. The number of pyridine rings is 1. The molecule has 21 heavy (non-hydrogen) atoms. The number of hydrogen-bond acceptors (Lipinski definition) is 3. The van der Waals surface area contributed by atoms with Gasteiger partial charge in [-0.25, -0.2) is 0 Å². The van der Waals surface area contributed by atoms with E-state index in [9.17, 15) is 4.79 Å². The Morgan fingerprint density at radius 2 is 2.05 bits per heavy atom. The largest absolute Gasteiger partial charge is 0.353 e. The highest BCUT2D eigenvalue weighted by Gasteiger charge is 2.31. The Hall–Kier alpha value is -1.42. The zero-order chi connectivity index (χ0) is 14.7. The molecule has 1 N–H and O–H groups in total. The molecule has 2 fully saturated rings. The molecule has 0 atom stereocenters. The van der Waals surface area contributed by atoms with Crippen LogP contribution in [0.4, 0.5) is 0 Å². The van der Waals surface area contributed by atoms with Crippen LogP contribution in [0.5, 0.6) is 0 Å². The number of aryl methyl sites for hydroxylation is 1. The Morgan fingerprint density at radius 1 is 1.29 bits per heavy atom. The van der Waals surface area contributed by atoms with Gasteiger partial charge in [0.1, 0.15) is 0 Å². The monoisotopic (exact) mass is 287 g/mol. The molecule has 1 aliphatic heterocycles. The minimum atomic E-state index is 0.283. The van der Waals surface area contributed by atoms with Gasteiger partial charge in [-0.3, -0.25) is 14.7 Å². The number of amides is 1. The van der Waals surface area contributed by atoms with Gasteiger partial charge in [0.25, 0.3) is 0 Å². The molecule has 0 unspecified atom stereocenters. The predicted octanol–water partition coefficient (Wildman–Crippen LogP) is 2.13. The van der Waals surface area contributed by atoms with Gasteiger partial charge in [-0.2, -0.15) is 0 Å². The van der Waals surface area contributed by atoms with Crippen molar-refractivity contribution in [3.63, 3.8) is 0 Å². The first-order chi connectivity index (χ1) is 10.2. The van der Waals surface area contributed by atoms with Crippen molar-refractivity contribution in [1.29, 1.82) is 0 Å². The molecule has 2 aliphatic rings. The second-order valence-electron chi connectivity index (χ2n) is 6.34. The van der Waals surface area contributed by atoms with Gasteiger partial charge in [0, 0.05) is 37.8 Å². The van der Waals surface area contributed by atoms with Gasteiger partial charge in [-0.05, 0) is 43.7 Å². The lowest BCUT2D eigenvalue weighted by Gasteiger charge is -2.32. The maximum absolute atomic E-state index is 11.8. The van der Waals surface area contributed by atoms with Crippen molar-refractivity contribution in [2.75, 3.05) is 13.1 Å². The molecule has 114 valence electrons. The van der Waals surface area contributed by atoms with Crippen LogP contribution in [0.1, 0.15) is 43.9 Å². The first kappa shape index (κ1) is 14.5. The van der Waals surface area contributed by atoms with E-state index in [-0.39, 0.29) is 5.91 Å². The van der Waals surface area contributed by atoms with Crippen molar-refractivity contribution in [2.24, 2.45) is 5.92 Å². The average molecular weight is 287 g/mol. The summed E-state index contributed by atoms with van der Waals surface area (Å²) in [6, 6.07) is 4.69. The first-order valence-electron chi connectivity index (χ1n) is 8.21. The Labute approximate surface area is 126 Å². The Kier molecular flexibility index (Phi) is 4.54. The predicted molar refractivity (Wildman–Crippen MR) is 82.8 cm³/mol. The fourth-order valence-corrected chi connectivity index (χ4v) is 2.89. The lowest BCUT2D eigenvalue weighted by atomic mass is 10.0. The summed E-state index contributed by atoms with van der Waals surface area (Å²) in [5.74, 6) is 0.606. The summed E-state index contributed by atoms with van der Waals surface area (Å²) in [6.45, 7) is 5.17. The number of carbonyl (C=O) groups is 1. The van der Waals surface area contributed by atoms with Gasteiger partial charge in [-0.1, -0.05) is 13.0 Å². The first-order valence-corrected chi connectivity index (χ1v) is 8.21. The summed E-state index contributed by atoms with van der Waals surface area (Å²) in [6.07, 6.45) is 7.32. The summed E-state index contributed by atoms with van der Waals surface area (Å²) in [5, 5.41) is 3.20. The number of carbonyl (C=O) groups excluding carboxylic acids is 1. The van der Waals surface area contributed by atoms with Gasteiger partial charge in [0.15, 0.2) is 0 Å². The van der Waals surface area contributed by atoms with Crippen LogP contribution in [0.25, 0.3) is 0 Å². The zero-order valence-corrected chi connectivity index (χ0v) is 12.8. The number of hydrogen-bond donors (Lipinski definition) is 1. The van der Waals surface area contributed by atoms with Crippen LogP contribution in [0.2, 0.25) is 0 Å². The molecule has 1 aromatic rings. The van der Waals surface area contributed by atoms with E-state index in [0.717, 1.165) is 57.4 Å². The molecule has 0 aromatic carbocycles. The van der Waals surface area contributed by atoms with Gasteiger partial charge in [0.2, 0.25) is 5.91 Å². The quantitative estimate of drug-likeness (QED) is 0.902. The molecular weight excluding hydrogens is 262 g/mol. The summed E-state index contributed by atoms with van der Waals surface area (Å²) in [4.78, 5) is 18.7. The van der Waals surface area contributed by atoms with Crippen LogP contribution in [0.15, 0.2) is 18.3 Å². The van der Waals surface area contributed by atoms with Gasteiger partial charge in [0.05, 0.1) is 5.69 Å². The maximum atomic E-state index is 11.8. The fourth-order valence-electron chi connectivity index (χ4n) is 2.89. The minimum Gasteiger partial charge on any atom is -0.353 e. The van der Waals surface area contributed by atoms with E-state index in [1.165, 1.54) is 5.56 Å². The molecular formula is C17H25N3O. The van der Waals surface area contributed by atoms with Crippen LogP contribution in [0.3, 0.4) is 0 Å². The van der Waals surface area contributed by atoms with Crippen LogP contribution in [0, 0.1) is 5.92 Å². The summed E-state index contributed by atoms with van der Waals surface area (Å²) in [5.41, 5.74) is 2.44. The van der Waals surface area contributed by atoms with Crippen LogP contribution >= 0.6 is 0 Å². The van der Waals surface area contributed by atoms with Crippen LogP contribution in [-0.4, -0.2) is 34.9 Å². The SMILES string of the molecule is CCc1ccc(CN2CCC(NC(=O)C3CC3)CC2)nc1. The van der Waals surface area contributed by atoms with E-state index < -0.39 is 0 Å². The van der Waals surface area contributed by atoms with Gasteiger partial charge in [-0.15, -0.1) is 0 Å². The normalized spacial score (nSPS) is 20.4. The summed E-state index contributed by atoms with van der Waals surface area (Å²) >= 11 is 0. The van der Waals surface area contributed by atoms with Crippen molar-refractivity contribution >= 4 is 5.91 Å². The summed E-state index contributed by atoms with van der Waals surface area (Å²) < 4.78 is 0. The van der Waals surface area contributed by atoms with Gasteiger partial charge < -0.3 is 5.32 Å². The van der Waals surface area contributed by atoms with Crippen molar-refractivity contribution in [3.05, 3.63) is 29.6 Å². The average Bonchev–Trinajstić information content (AvgIpc) is 3.35. The van der Waals surface area contributed by atoms with E-state index in [2.05, 4.69) is 34.3 Å². The molecule has 0 spiro atoms. The highest BCUT2D eigenvalue weighted by Crippen LogP contribution is 2.29. The smallest absolute Gasteiger partial charge is 0.223 e. The van der Waals surface area contributed by atoms with E-state index >= 15 is 0 Å². The molecule has 1 aromatic heterocycles. The van der Waals surface area contributed by atoms with Crippen molar-refractivity contribution < 1.29 is 4.79 Å². The highest BCUT2D eigenvalue weighted by molar-refractivity contribution is 5.81. The van der Waals surface area contributed by atoms with Crippen molar-refractivity contribution in [1.82, 2.24) is 15.2 Å². The number of nitrogens with one attached hydrogen (secondary N) is 1. The van der Waals surface area contributed by atoms with Gasteiger partial charge >= 0.3 is 0 Å². The molecule has 1 saturated heterocycles. The number of piperidine rings is 1. The minimum absolute atomic E-state index is 0.283. The second kappa shape index (κ2) is 6.56. The molecule has 4 heteroatoms. The standard InChI is InChI=1S/C17H25N3O/c1-2-13-3-6-16(18-11-13)12-20-9-7-15(8-10-20)19-17(21)14-4-5-14/h3,6,11,14-15H,2,4-5,7-10,12H2,1H3,(H,19,21). The molecule has 4 nitrogen and oxygen atoms in total. The third-order valence-electron chi connectivity index (χ3n) is 4.56. The van der Waals surface area contributed by atoms with E-state index in [4.69, 9.17) is 0 Å². The third kappa shape index (κ3) is 4.03. The topological polar surface area (TPSA) is 45.2 Å². The summed E-state index contributed by atoms with van der Waals surface area (Å²) in [7, 11) is 0. The number of likely N-dealkylation sites (tertiary alicyclic amines) is 1. The molecule has 1 saturated carbocycles. The zero-order valence-electron chi connectivity index (χ0n) is 12.8. The van der Waals surface area contributed by atoms with Crippen LogP contribution in [-0.2, 0) is 17.8 Å². The molecule has 1 aliphatic carbocycles. The van der Waals surface area contributed by atoms with Crippen molar-refractivity contribution in [2.45, 2.75) is 51.6 Å². The number of aromatic nitrogens is 1. The highest BCUT2D eigenvalue weighted by atomic mass is 16.2. The number of nitrogens with zero attached hydrogens (tertiary/aromatic N) is 2. The molecule has 2 heterocycles. The van der Waals surface area contributed by atoms with Crippen molar-refractivity contribution in [3.8, 4) is 0 Å². The fraction of sp³-hybridized carbons (Fsp3) is 0.647. The number of rotatable bonds is 5. The third-order valence-corrected chi connectivity index (χ3v) is 4.56. The van der Waals surface area contributed by atoms with E-state index in [1.807, 2.05) is 6.20 Å². The Morgan fingerprint density at radius 3 is 2.62 bits per heavy atom. The second-order valence-corrected chi connectivity index (χ2v) is 6.34. The molecule has 0 radical (unpaired) electrons. The molecule has 3 rings (SSSR count). The molecule has 0 bridgehead atoms. The lowest BCUT2D eigenvalue weighted by Crippen LogP contribution is -2.44. The Bertz CT molecular complexity index is 473. The maximum Gasteiger partial charge on any atom is 0.223 e. The molecule has 1 amide bonds.